The second kappa shape index (κ2) is 6.58. The molecule has 4 saturated carbocycles. The van der Waals surface area contributed by atoms with E-state index in [-0.39, 0.29) is 0 Å². The van der Waals surface area contributed by atoms with Gasteiger partial charge in [-0.1, -0.05) is 38.0 Å². The van der Waals surface area contributed by atoms with E-state index in [9.17, 15) is 4.79 Å². The smallest absolute Gasteiger partial charge is 0.155 e. The molecule has 0 heterocycles. The largest absolute Gasteiger partial charge is 0.295 e. The summed E-state index contributed by atoms with van der Waals surface area (Å²) < 4.78 is 0. The lowest BCUT2D eigenvalue weighted by molar-refractivity contribution is -0.126. The molecule has 0 N–H and O–H groups in total. The summed E-state index contributed by atoms with van der Waals surface area (Å²) in [6.07, 6.45) is 18.0. The van der Waals surface area contributed by atoms with Crippen molar-refractivity contribution in [3.8, 4) is 0 Å². The Morgan fingerprint density at radius 3 is 2.57 bits per heavy atom. The van der Waals surface area contributed by atoms with Crippen LogP contribution >= 0.6 is 0 Å². The van der Waals surface area contributed by atoms with Crippen molar-refractivity contribution in [2.24, 2.45) is 45.3 Å². The summed E-state index contributed by atoms with van der Waals surface area (Å²) in [7, 11) is 0. The Kier molecular flexibility index (Phi) is 4.61. The highest BCUT2D eigenvalue weighted by Gasteiger charge is 2.80. The summed E-state index contributed by atoms with van der Waals surface area (Å²) in [4.78, 5) is 12.6. The lowest BCUT2D eigenvalue weighted by atomic mass is 9.43. The van der Waals surface area contributed by atoms with Gasteiger partial charge in [0, 0.05) is 6.42 Å². The van der Waals surface area contributed by atoms with Gasteiger partial charge in [0.05, 0.1) is 0 Å². The summed E-state index contributed by atoms with van der Waals surface area (Å²) in [6, 6.07) is 0. The van der Waals surface area contributed by atoms with Gasteiger partial charge in [0.15, 0.2) is 5.78 Å². The van der Waals surface area contributed by atoms with Crippen LogP contribution in [0.3, 0.4) is 0 Å². The normalized spacial score (nSPS) is 49.7. The van der Waals surface area contributed by atoms with E-state index in [1.807, 2.05) is 19.9 Å². The third kappa shape index (κ3) is 2.50. The van der Waals surface area contributed by atoms with Crippen LogP contribution in [0.15, 0.2) is 23.3 Å². The van der Waals surface area contributed by atoms with Crippen molar-refractivity contribution in [3.05, 3.63) is 23.3 Å². The van der Waals surface area contributed by atoms with Crippen LogP contribution in [0.2, 0.25) is 0 Å². The lowest BCUT2D eigenvalue weighted by Crippen LogP contribution is -2.54. The van der Waals surface area contributed by atoms with Gasteiger partial charge in [0.1, 0.15) is 0 Å². The van der Waals surface area contributed by atoms with Crippen LogP contribution in [0.1, 0.15) is 106 Å². The average Bonchev–Trinajstić information content (AvgIpc) is 3.22. The summed E-state index contributed by atoms with van der Waals surface area (Å²) in [5.74, 6) is 3.40. The zero-order valence-electron chi connectivity index (χ0n) is 20.4. The quantitative estimate of drug-likeness (QED) is 0.341. The first-order valence-electron chi connectivity index (χ1n) is 12.9. The van der Waals surface area contributed by atoms with Crippen molar-refractivity contribution in [1.82, 2.24) is 0 Å². The van der Waals surface area contributed by atoms with Gasteiger partial charge in [-0.2, -0.15) is 0 Å². The molecule has 0 aromatic rings. The molecule has 30 heavy (non-hydrogen) atoms. The van der Waals surface area contributed by atoms with Crippen molar-refractivity contribution in [1.29, 1.82) is 0 Å². The standard InChI is InChI=1S/C29H44O/c1-19(2)16-22(30)17-21(4)23-11-13-27(6)25-10-9-24-20(3)8-7-12-28(24)18-29(25,28)15-14-26(23,27)5/h8,16,21,23-25H,7,9-15,17-18H2,1-6H3/t21-,23-,24+,25+,26-,27+,28-,29+/m0/s1. The lowest BCUT2D eigenvalue weighted by Gasteiger charge is -2.61. The molecule has 5 rings (SSSR count). The van der Waals surface area contributed by atoms with Crippen LogP contribution in [-0.4, -0.2) is 5.78 Å². The van der Waals surface area contributed by atoms with Crippen molar-refractivity contribution < 1.29 is 4.79 Å². The minimum absolute atomic E-state index is 0.345. The van der Waals surface area contributed by atoms with Gasteiger partial charge >= 0.3 is 0 Å². The first kappa shape index (κ1) is 21.0. The first-order chi connectivity index (χ1) is 14.1. The van der Waals surface area contributed by atoms with Gasteiger partial charge in [-0.05, 0) is 130 Å². The number of carbonyl (C=O) groups excluding carboxylic acids is 1. The fourth-order valence-corrected chi connectivity index (χ4v) is 10.4. The van der Waals surface area contributed by atoms with Crippen molar-refractivity contribution in [2.75, 3.05) is 0 Å². The topological polar surface area (TPSA) is 17.1 Å². The van der Waals surface area contributed by atoms with Gasteiger partial charge in [-0.3, -0.25) is 4.79 Å². The average molecular weight is 409 g/mol. The summed E-state index contributed by atoms with van der Waals surface area (Å²) in [6.45, 7) is 14.2. The highest BCUT2D eigenvalue weighted by Crippen LogP contribution is 2.87. The van der Waals surface area contributed by atoms with E-state index in [4.69, 9.17) is 0 Å². The highest BCUT2D eigenvalue weighted by molar-refractivity contribution is 5.90. The Bertz CT molecular complexity index is 814. The van der Waals surface area contributed by atoms with E-state index < -0.39 is 0 Å². The number of carbonyl (C=O) groups is 1. The minimum atomic E-state index is 0.345. The van der Waals surface area contributed by atoms with Gasteiger partial charge in [-0.15, -0.1) is 0 Å². The number of ketones is 1. The monoisotopic (exact) mass is 408 g/mol. The third-order valence-electron chi connectivity index (χ3n) is 11.8. The predicted octanol–water partition coefficient (Wildman–Crippen LogP) is 7.91. The minimum Gasteiger partial charge on any atom is -0.295 e. The SMILES string of the molecule is CC(C)=CC(=O)C[C@H](C)[C@@H]1CC[C@]2(C)[C@H]3CC[C@@H]4C(C)=CCC[C@]45C[C@]35CC[C@@]12C. The highest BCUT2D eigenvalue weighted by atomic mass is 16.1. The van der Waals surface area contributed by atoms with E-state index >= 15 is 0 Å². The van der Waals surface area contributed by atoms with Crippen LogP contribution < -0.4 is 0 Å². The Labute approximate surface area is 185 Å². The Morgan fingerprint density at radius 2 is 1.83 bits per heavy atom. The molecule has 5 aliphatic carbocycles. The predicted molar refractivity (Wildman–Crippen MR) is 125 cm³/mol. The maximum Gasteiger partial charge on any atom is 0.155 e. The molecule has 0 bridgehead atoms. The molecule has 0 aliphatic heterocycles. The van der Waals surface area contributed by atoms with E-state index in [0.717, 1.165) is 29.7 Å². The second-order valence-electron chi connectivity index (χ2n) is 13.0. The molecule has 2 spiro atoms. The zero-order valence-corrected chi connectivity index (χ0v) is 20.4. The molecule has 0 radical (unpaired) electrons. The molecule has 8 atom stereocenters. The fourth-order valence-electron chi connectivity index (χ4n) is 10.4. The van der Waals surface area contributed by atoms with Gasteiger partial charge in [0.25, 0.3) is 0 Å². The molecule has 0 aromatic carbocycles. The van der Waals surface area contributed by atoms with Crippen molar-refractivity contribution in [3.63, 3.8) is 0 Å². The molecule has 1 heteroatoms. The van der Waals surface area contributed by atoms with E-state index in [2.05, 4.69) is 33.8 Å². The number of rotatable bonds is 4. The van der Waals surface area contributed by atoms with Crippen molar-refractivity contribution >= 4 is 5.78 Å². The number of hydrogen-bond donors (Lipinski definition) is 0. The molecular weight excluding hydrogens is 364 g/mol. The van der Waals surface area contributed by atoms with Crippen LogP contribution in [-0.2, 0) is 4.79 Å². The summed E-state index contributed by atoms with van der Waals surface area (Å²) in [5.41, 5.74) is 5.10. The number of fused-ring (bicyclic) bond motifs is 2. The zero-order chi connectivity index (χ0) is 21.5. The van der Waals surface area contributed by atoms with E-state index in [0.29, 0.717) is 33.4 Å². The first-order valence-corrected chi connectivity index (χ1v) is 12.9. The molecule has 0 amide bonds. The number of allylic oxidation sites excluding steroid dienone is 4. The molecule has 166 valence electrons. The molecule has 5 aliphatic rings. The fraction of sp³-hybridized carbons (Fsp3) is 0.828. The molecule has 0 unspecified atom stereocenters. The van der Waals surface area contributed by atoms with Crippen LogP contribution in [0.4, 0.5) is 0 Å². The van der Waals surface area contributed by atoms with Gasteiger partial charge in [-0.25, -0.2) is 0 Å². The number of hydrogen-bond acceptors (Lipinski definition) is 1. The molecule has 1 nitrogen and oxygen atoms in total. The van der Waals surface area contributed by atoms with Crippen LogP contribution in [0.5, 0.6) is 0 Å². The molecule has 4 fully saturated rings. The van der Waals surface area contributed by atoms with Gasteiger partial charge < -0.3 is 0 Å². The Balaban J connectivity index is 1.41. The Morgan fingerprint density at radius 1 is 1.07 bits per heavy atom. The maximum atomic E-state index is 12.6. The third-order valence-corrected chi connectivity index (χ3v) is 11.8. The molecule has 0 saturated heterocycles. The Hall–Kier alpha value is -0.850. The van der Waals surface area contributed by atoms with Crippen molar-refractivity contribution in [2.45, 2.75) is 106 Å². The van der Waals surface area contributed by atoms with E-state index in [1.54, 1.807) is 5.57 Å². The molecule has 0 aromatic heterocycles. The molecular formula is C29H44O. The van der Waals surface area contributed by atoms with Gasteiger partial charge in [0.2, 0.25) is 0 Å². The van der Waals surface area contributed by atoms with Crippen LogP contribution in [0, 0.1) is 45.3 Å². The second-order valence-corrected chi connectivity index (χ2v) is 13.0. The summed E-state index contributed by atoms with van der Waals surface area (Å²) >= 11 is 0. The maximum absolute atomic E-state index is 12.6. The van der Waals surface area contributed by atoms with Crippen LogP contribution in [0.25, 0.3) is 0 Å². The summed E-state index contributed by atoms with van der Waals surface area (Å²) in [5, 5.41) is 0. The van der Waals surface area contributed by atoms with E-state index in [1.165, 1.54) is 57.8 Å².